The van der Waals surface area contributed by atoms with Crippen LogP contribution in [0, 0.1) is 12.7 Å². The van der Waals surface area contributed by atoms with Crippen LogP contribution in [0.5, 0.6) is 0 Å². The molecule has 2 heterocycles. The first-order valence-corrected chi connectivity index (χ1v) is 9.96. The number of rotatable bonds is 5. The van der Waals surface area contributed by atoms with Crippen LogP contribution in [0.3, 0.4) is 0 Å². The first kappa shape index (κ1) is 18.7. The van der Waals surface area contributed by atoms with Gasteiger partial charge in [0.1, 0.15) is 11.6 Å². The summed E-state index contributed by atoms with van der Waals surface area (Å²) in [7, 11) is 1.95. The number of benzene rings is 2. The van der Waals surface area contributed by atoms with Crippen molar-refractivity contribution in [1.82, 2.24) is 10.3 Å². The maximum absolute atomic E-state index is 13.8. The van der Waals surface area contributed by atoms with Gasteiger partial charge >= 0.3 is 0 Å². The van der Waals surface area contributed by atoms with E-state index in [1.807, 2.05) is 13.1 Å². The SMILES string of the molecule is CNCCNc1cc(N2CCCc3ccc(F)cc3C2)nc2ccc(C)cc12. The summed E-state index contributed by atoms with van der Waals surface area (Å²) in [4.78, 5) is 7.21. The molecule has 0 atom stereocenters. The van der Waals surface area contributed by atoms with E-state index < -0.39 is 0 Å². The van der Waals surface area contributed by atoms with Gasteiger partial charge in [-0.1, -0.05) is 17.7 Å². The van der Waals surface area contributed by atoms with Gasteiger partial charge in [-0.05, 0) is 62.2 Å². The first-order chi connectivity index (χ1) is 13.6. The normalized spacial score (nSPS) is 14.0. The van der Waals surface area contributed by atoms with Gasteiger partial charge in [0.05, 0.1) is 5.52 Å². The Kier molecular flexibility index (Phi) is 5.44. The van der Waals surface area contributed by atoms with Crippen LogP contribution < -0.4 is 15.5 Å². The van der Waals surface area contributed by atoms with Crippen LogP contribution in [-0.2, 0) is 13.0 Å². The highest BCUT2D eigenvalue weighted by Crippen LogP contribution is 2.30. The largest absolute Gasteiger partial charge is 0.383 e. The van der Waals surface area contributed by atoms with Gasteiger partial charge in [-0.3, -0.25) is 0 Å². The Hall–Kier alpha value is -2.66. The fourth-order valence-corrected chi connectivity index (χ4v) is 3.88. The van der Waals surface area contributed by atoms with Crippen molar-refractivity contribution in [3.63, 3.8) is 0 Å². The minimum absolute atomic E-state index is 0.169. The highest BCUT2D eigenvalue weighted by molar-refractivity contribution is 5.93. The van der Waals surface area contributed by atoms with Crippen LogP contribution in [0.25, 0.3) is 10.9 Å². The van der Waals surface area contributed by atoms with Crippen molar-refractivity contribution in [2.75, 3.05) is 36.9 Å². The molecule has 0 bridgehead atoms. The molecule has 1 aliphatic rings. The van der Waals surface area contributed by atoms with Crippen LogP contribution in [0.2, 0.25) is 0 Å². The topological polar surface area (TPSA) is 40.2 Å². The van der Waals surface area contributed by atoms with Crippen LogP contribution in [0.4, 0.5) is 15.9 Å². The highest BCUT2D eigenvalue weighted by Gasteiger charge is 2.18. The molecule has 5 heteroatoms. The summed E-state index contributed by atoms with van der Waals surface area (Å²) in [5, 5.41) is 7.87. The summed E-state index contributed by atoms with van der Waals surface area (Å²) in [6.45, 7) is 5.44. The molecule has 3 aromatic rings. The van der Waals surface area contributed by atoms with Crippen molar-refractivity contribution in [1.29, 1.82) is 0 Å². The fraction of sp³-hybridized carbons (Fsp3) is 0.348. The van der Waals surface area contributed by atoms with E-state index in [0.717, 1.165) is 60.4 Å². The van der Waals surface area contributed by atoms with Crippen molar-refractivity contribution in [3.05, 3.63) is 65.0 Å². The van der Waals surface area contributed by atoms with E-state index in [4.69, 9.17) is 4.98 Å². The third-order valence-electron chi connectivity index (χ3n) is 5.37. The Bertz CT molecular complexity index is 986. The number of nitrogens with one attached hydrogen (secondary N) is 2. The molecule has 2 N–H and O–H groups in total. The zero-order valence-corrected chi connectivity index (χ0v) is 16.6. The molecule has 0 radical (unpaired) electrons. The lowest BCUT2D eigenvalue weighted by Crippen LogP contribution is -2.24. The standard InChI is InChI=1S/C23H27FN4/c1-16-5-8-21-20(12-16)22(26-10-9-25-2)14-23(27-21)28-11-3-4-17-6-7-19(24)13-18(17)15-28/h5-8,12-14,25H,3-4,9-11,15H2,1-2H3,(H,26,27). The predicted octanol–water partition coefficient (Wildman–Crippen LogP) is 4.27. The van der Waals surface area contributed by atoms with Crippen molar-refractivity contribution < 1.29 is 4.39 Å². The lowest BCUT2D eigenvalue weighted by Gasteiger charge is -2.24. The van der Waals surface area contributed by atoms with E-state index in [2.05, 4.69) is 46.7 Å². The number of pyridine rings is 1. The third kappa shape index (κ3) is 3.94. The van der Waals surface area contributed by atoms with Gasteiger partial charge < -0.3 is 15.5 Å². The van der Waals surface area contributed by atoms with Gasteiger partial charge in [-0.25, -0.2) is 9.37 Å². The fourth-order valence-electron chi connectivity index (χ4n) is 3.88. The van der Waals surface area contributed by atoms with Gasteiger partial charge in [-0.15, -0.1) is 0 Å². The Labute approximate surface area is 165 Å². The van der Waals surface area contributed by atoms with Crippen molar-refractivity contribution in [2.45, 2.75) is 26.3 Å². The summed E-state index contributed by atoms with van der Waals surface area (Å²) in [5.74, 6) is 0.775. The molecule has 0 unspecified atom stereocenters. The van der Waals surface area contributed by atoms with Crippen molar-refractivity contribution in [3.8, 4) is 0 Å². The molecule has 0 spiro atoms. The van der Waals surface area contributed by atoms with Gasteiger partial charge in [0, 0.05) is 43.3 Å². The molecule has 0 amide bonds. The molecule has 1 aromatic heterocycles. The first-order valence-electron chi connectivity index (χ1n) is 9.96. The summed E-state index contributed by atoms with van der Waals surface area (Å²) < 4.78 is 13.8. The molecule has 0 saturated heterocycles. The molecule has 4 nitrogen and oxygen atoms in total. The zero-order chi connectivity index (χ0) is 19.5. The summed E-state index contributed by atoms with van der Waals surface area (Å²) in [6.07, 6.45) is 2.01. The molecule has 0 fully saturated rings. The van der Waals surface area contributed by atoms with Gasteiger partial charge in [-0.2, -0.15) is 0 Å². The number of nitrogens with zero attached hydrogens (tertiary/aromatic N) is 2. The Balaban J connectivity index is 1.72. The van der Waals surface area contributed by atoms with Crippen LogP contribution >= 0.6 is 0 Å². The van der Waals surface area contributed by atoms with E-state index >= 15 is 0 Å². The number of anilines is 2. The Morgan fingerprint density at radius 1 is 1.07 bits per heavy atom. The Morgan fingerprint density at radius 3 is 2.82 bits per heavy atom. The summed E-state index contributed by atoms with van der Waals surface area (Å²) >= 11 is 0. The number of hydrogen-bond acceptors (Lipinski definition) is 4. The minimum Gasteiger partial charge on any atom is -0.383 e. The second-order valence-electron chi connectivity index (χ2n) is 7.52. The quantitative estimate of drug-likeness (QED) is 0.651. The van der Waals surface area contributed by atoms with E-state index in [0.29, 0.717) is 6.54 Å². The van der Waals surface area contributed by atoms with Gasteiger partial charge in [0.15, 0.2) is 0 Å². The molecular formula is C23H27FN4. The maximum Gasteiger partial charge on any atom is 0.131 e. The zero-order valence-electron chi connectivity index (χ0n) is 16.6. The van der Waals surface area contributed by atoms with Gasteiger partial charge in [0.25, 0.3) is 0 Å². The number of fused-ring (bicyclic) bond motifs is 2. The van der Waals surface area contributed by atoms with Crippen LogP contribution in [0.15, 0.2) is 42.5 Å². The second-order valence-corrected chi connectivity index (χ2v) is 7.52. The molecule has 4 rings (SSSR count). The number of halogens is 1. The lowest BCUT2D eigenvalue weighted by atomic mass is 10.0. The maximum atomic E-state index is 13.8. The van der Waals surface area contributed by atoms with E-state index in [1.165, 1.54) is 11.1 Å². The number of hydrogen-bond donors (Lipinski definition) is 2. The Morgan fingerprint density at radius 2 is 1.96 bits per heavy atom. The molecule has 0 saturated carbocycles. The predicted molar refractivity (Wildman–Crippen MR) is 115 cm³/mol. The number of likely N-dealkylation sites (N-methyl/N-ethyl adjacent to an activating group) is 1. The van der Waals surface area contributed by atoms with E-state index in [-0.39, 0.29) is 5.82 Å². The molecule has 1 aliphatic heterocycles. The molecule has 28 heavy (non-hydrogen) atoms. The van der Waals surface area contributed by atoms with Gasteiger partial charge in [0.2, 0.25) is 0 Å². The summed E-state index contributed by atoms with van der Waals surface area (Å²) in [5.41, 5.74) is 5.61. The molecule has 0 aliphatic carbocycles. The average molecular weight is 378 g/mol. The van der Waals surface area contributed by atoms with Crippen LogP contribution in [0.1, 0.15) is 23.1 Å². The minimum atomic E-state index is -0.169. The van der Waals surface area contributed by atoms with Crippen molar-refractivity contribution in [2.24, 2.45) is 0 Å². The smallest absolute Gasteiger partial charge is 0.131 e. The third-order valence-corrected chi connectivity index (χ3v) is 5.37. The lowest BCUT2D eigenvalue weighted by molar-refractivity contribution is 0.624. The summed E-state index contributed by atoms with van der Waals surface area (Å²) in [6, 6.07) is 13.7. The molecule has 146 valence electrons. The molecule has 2 aromatic carbocycles. The monoisotopic (exact) mass is 378 g/mol. The highest BCUT2D eigenvalue weighted by atomic mass is 19.1. The molecular weight excluding hydrogens is 351 g/mol. The second kappa shape index (κ2) is 8.15. The number of aromatic nitrogens is 1. The number of aryl methyl sites for hydroxylation is 2. The van der Waals surface area contributed by atoms with Crippen LogP contribution in [-0.4, -0.2) is 31.7 Å². The van der Waals surface area contributed by atoms with E-state index in [1.54, 1.807) is 12.1 Å². The van der Waals surface area contributed by atoms with E-state index in [9.17, 15) is 4.39 Å². The van der Waals surface area contributed by atoms with Crippen molar-refractivity contribution >= 4 is 22.4 Å². The average Bonchev–Trinajstić information content (AvgIpc) is 2.90.